The lowest BCUT2D eigenvalue weighted by Gasteiger charge is -2.16. The molecule has 0 bridgehead atoms. The number of nitrogens with one attached hydrogen (secondary N) is 2. The van der Waals surface area contributed by atoms with Gasteiger partial charge < -0.3 is 15.2 Å². The number of hydrogen-bond donors (Lipinski definition) is 2. The number of nitrogens with zero attached hydrogens (tertiary/aromatic N) is 2. The fraction of sp³-hybridized carbons (Fsp3) is 0.111. The molecule has 5 nitrogen and oxygen atoms in total. The fourth-order valence-electron chi connectivity index (χ4n) is 3.04. The van der Waals surface area contributed by atoms with E-state index in [-0.39, 0.29) is 12.1 Å². The first-order valence-corrected chi connectivity index (χ1v) is 8.02. The molecule has 0 spiro atoms. The third-order valence-corrected chi connectivity index (χ3v) is 4.41. The highest BCUT2D eigenvalue weighted by molar-refractivity contribution is 6.30. The Morgan fingerprint density at radius 1 is 1.17 bits per heavy atom. The predicted octanol–water partition coefficient (Wildman–Crippen LogP) is 3.93. The summed E-state index contributed by atoms with van der Waals surface area (Å²) in [6.07, 6.45) is 3.66. The highest BCUT2D eigenvalue weighted by Gasteiger charge is 2.28. The summed E-state index contributed by atoms with van der Waals surface area (Å²) < 4.78 is 2.09. The monoisotopic (exact) mass is 338 g/mol. The SMILES string of the molecule is O=C(NCC1c2ccccc2-c2cncn21)Nc1ccc(Cl)cc1. The molecular formula is C18H15ClN4O. The molecule has 1 aliphatic heterocycles. The highest BCUT2D eigenvalue weighted by atomic mass is 35.5. The molecule has 6 heteroatoms. The second kappa shape index (κ2) is 6.02. The quantitative estimate of drug-likeness (QED) is 0.760. The summed E-state index contributed by atoms with van der Waals surface area (Å²) in [5.74, 6) is 0. The van der Waals surface area contributed by atoms with Crippen molar-refractivity contribution in [2.45, 2.75) is 6.04 Å². The summed E-state index contributed by atoms with van der Waals surface area (Å²) in [6.45, 7) is 0.486. The van der Waals surface area contributed by atoms with Crippen LogP contribution >= 0.6 is 11.6 Å². The Kier molecular flexibility index (Phi) is 3.70. The zero-order valence-electron chi connectivity index (χ0n) is 12.7. The third-order valence-electron chi connectivity index (χ3n) is 4.16. The van der Waals surface area contributed by atoms with Crippen molar-refractivity contribution in [1.82, 2.24) is 14.9 Å². The van der Waals surface area contributed by atoms with Crippen molar-refractivity contribution in [2.75, 3.05) is 11.9 Å². The maximum atomic E-state index is 12.1. The van der Waals surface area contributed by atoms with Crippen LogP contribution in [0.25, 0.3) is 11.3 Å². The normalized spacial score (nSPS) is 14.8. The minimum Gasteiger partial charge on any atom is -0.335 e. The molecule has 1 aromatic heterocycles. The highest BCUT2D eigenvalue weighted by Crippen LogP contribution is 2.38. The van der Waals surface area contributed by atoms with Crippen LogP contribution in [-0.4, -0.2) is 22.1 Å². The van der Waals surface area contributed by atoms with Gasteiger partial charge in [-0.2, -0.15) is 0 Å². The van der Waals surface area contributed by atoms with Gasteiger partial charge in [-0.05, 0) is 29.8 Å². The molecule has 1 atom stereocenters. The summed E-state index contributed by atoms with van der Waals surface area (Å²) in [5.41, 5.74) is 4.14. The topological polar surface area (TPSA) is 59.0 Å². The van der Waals surface area contributed by atoms with Crippen LogP contribution in [0.5, 0.6) is 0 Å². The van der Waals surface area contributed by atoms with E-state index in [1.807, 2.05) is 18.3 Å². The van der Waals surface area contributed by atoms with Gasteiger partial charge in [0.25, 0.3) is 0 Å². The lowest BCUT2D eigenvalue weighted by molar-refractivity contribution is 0.251. The van der Waals surface area contributed by atoms with Gasteiger partial charge in [0.05, 0.1) is 24.3 Å². The number of carbonyl (C=O) groups is 1. The Balaban J connectivity index is 1.46. The average Bonchev–Trinajstić information content (AvgIpc) is 3.16. The van der Waals surface area contributed by atoms with Crippen LogP contribution in [0, 0.1) is 0 Å². The number of halogens is 1. The summed E-state index contributed by atoms with van der Waals surface area (Å²) in [7, 11) is 0. The molecule has 120 valence electrons. The van der Waals surface area contributed by atoms with Gasteiger partial charge in [0.2, 0.25) is 0 Å². The number of amides is 2. The molecule has 2 N–H and O–H groups in total. The summed E-state index contributed by atoms with van der Waals surface area (Å²) in [4.78, 5) is 16.4. The second-order valence-corrected chi connectivity index (χ2v) is 6.07. The average molecular weight is 339 g/mol. The molecule has 1 unspecified atom stereocenters. The first-order valence-electron chi connectivity index (χ1n) is 7.64. The van der Waals surface area contributed by atoms with Crippen molar-refractivity contribution >= 4 is 23.3 Å². The number of anilines is 1. The van der Waals surface area contributed by atoms with Gasteiger partial charge in [-0.15, -0.1) is 0 Å². The van der Waals surface area contributed by atoms with E-state index in [4.69, 9.17) is 11.6 Å². The molecule has 1 aliphatic rings. The zero-order chi connectivity index (χ0) is 16.5. The van der Waals surface area contributed by atoms with Gasteiger partial charge in [-0.1, -0.05) is 35.9 Å². The molecule has 3 aromatic rings. The van der Waals surface area contributed by atoms with E-state index in [1.165, 1.54) is 11.1 Å². The van der Waals surface area contributed by atoms with Crippen molar-refractivity contribution in [2.24, 2.45) is 0 Å². The number of rotatable bonds is 3. The van der Waals surface area contributed by atoms with Crippen LogP contribution in [0.3, 0.4) is 0 Å². The zero-order valence-corrected chi connectivity index (χ0v) is 13.5. The number of aromatic nitrogens is 2. The van der Waals surface area contributed by atoms with Gasteiger partial charge in [-0.3, -0.25) is 0 Å². The number of carbonyl (C=O) groups excluding carboxylic acids is 1. The van der Waals surface area contributed by atoms with Crippen molar-refractivity contribution < 1.29 is 4.79 Å². The van der Waals surface area contributed by atoms with E-state index in [2.05, 4.69) is 32.3 Å². The minimum atomic E-state index is -0.247. The largest absolute Gasteiger partial charge is 0.335 e. The Hall–Kier alpha value is -2.79. The first-order chi connectivity index (χ1) is 11.7. The van der Waals surface area contributed by atoms with Crippen LogP contribution in [0.1, 0.15) is 11.6 Å². The van der Waals surface area contributed by atoms with Crippen molar-refractivity contribution in [1.29, 1.82) is 0 Å². The summed E-state index contributed by atoms with van der Waals surface area (Å²) in [6, 6.07) is 15.0. The van der Waals surface area contributed by atoms with Gasteiger partial charge in [0.1, 0.15) is 0 Å². The van der Waals surface area contributed by atoms with E-state index in [0.717, 1.165) is 5.69 Å². The van der Waals surface area contributed by atoms with Crippen molar-refractivity contribution in [3.8, 4) is 11.3 Å². The lowest BCUT2D eigenvalue weighted by Crippen LogP contribution is -2.33. The molecule has 0 aliphatic carbocycles. The van der Waals surface area contributed by atoms with E-state index in [9.17, 15) is 4.79 Å². The molecule has 0 fully saturated rings. The Bertz CT molecular complexity index is 888. The molecule has 4 rings (SSSR count). The second-order valence-electron chi connectivity index (χ2n) is 5.63. The molecule has 0 saturated carbocycles. The van der Waals surface area contributed by atoms with E-state index in [0.29, 0.717) is 17.3 Å². The van der Waals surface area contributed by atoms with E-state index < -0.39 is 0 Å². The summed E-state index contributed by atoms with van der Waals surface area (Å²) >= 11 is 5.84. The molecule has 2 aromatic carbocycles. The number of fused-ring (bicyclic) bond motifs is 3. The molecule has 2 amide bonds. The Morgan fingerprint density at radius 2 is 1.96 bits per heavy atom. The maximum absolute atomic E-state index is 12.1. The van der Waals surface area contributed by atoms with Crippen LogP contribution in [-0.2, 0) is 0 Å². The van der Waals surface area contributed by atoms with Gasteiger partial charge in [0.15, 0.2) is 0 Å². The molecular weight excluding hydrogens is 324 g/mol. The van der Waals surface area contributed by atoms with Crippen LogP contribution in [0.15, 0.2) is 61.1 Å². The number of imidazole rings is 1. The molecule has 0 radical (unpaired) electrons. The number of hydrogen-bond acceptors (Lipinski definition) is 2. The smallest absolute Gasteiger partial charge is 0.319 e. The van der Waals surface area contributed by atoms with Crippen LogP contribution in [0.2, 0.25) is 5.02 Å². The molecule has 2 heterocycles. The first kappa shape index (κ1) is 14.8. The number of benzene rings is 2. The standard InChI is InChI=1S/C18H15ClN4O/c19-12-5-7-13(8-6-12)22-18(24)21-10-17-15-4-2-1-3-14(15)16-9-20-11-23(16)17/h1-9,11,17H,10H2,(H2,21,22,24). The van der Waals surface area contributed by atoms with Crippen molar-refractivity contribution in [3.63, 3.8) is 0 Å². The Labute approximate surface area is 144 Å². The Morgan fingerprint density at radius 3 is 2.79 bits per heavy atom. The third kappa shape index (κ3) is 2.63. The van der Waals surface area contributed by atoms with Gasteiger partial charge in [0, 0.05) is 22.8 Å². The van der Waals surface area contributed by atoms with E-state index >= 15 is 0 Å². The van der Waals surface area contributed by atoms with Crippen LogP contribution < -0.4 is 10.6 Å². The minimum absolute atomic E-state index is 0.0506. The van der Waals surface area contributed by atoms with E-state index in [1.54, 1.807) is 30.6 Å². The van der Waals surface area contributed by atoms with Crippen molar-refractivity contribution in [3.05, 3.63) is 71.6 Å². The fourth-order valence-corrected chi connectivity index (χ4v) is 3.16. The van der Waals surface area contributed by atoms with Gasteiger partial charge >= 0.3 is 6.03 Å². The predicted molar refractivity (Wildman–Crippen MR) is 94.3 cm³/mol. The van der Waals surface area contributed by atoms with Crippen LogP contribution in [0.4, 0.5) is 10.5 Å². The lowest BCUT2D eigenvalue weighted by atomic mass is 10.0. The molecule has 24 heavy (non-hydrogen) atoms. The number of urea groups is 1. The maximum Gasteiger partial charge on any atom is 0.319 e. The molecule has 0 saturated heterocycles. The summed E-state index contributed by atoms with van der Waals surface area (Å²) in [5, 5.41) is 6.36. The van der Waals surface area contributed by atoms with Gasteiger partial charge in [-0.25, -0.2) is 9.78 Å².